The molecule has 0 radical (unpaired) electrons. The van der Waals surface area contributed by atoms with E-state index in [-0.39, 0.29) is 18.6 Å². The van der Waals surface area contributed by atoms with Gasteiger partial charge < -0.3 is 19.3 Å². The first-order valence-electron chi connectivity index (χ1n) is 13.0. The molecule has 0 bridgehead atoms. The van der Waals surface area contributed by atoms with Crippen molar-refractivity contribution < 1.29 is 23.5 Å². The molecule has 1 atom stereocenters. The number of benzene rings is 3. The Balaban J connectivity index is 1.33. The van der Waals surface area contributed by atoms with E-state index in [1.807, 2.05) is 80.6 Å². The minimum absolute atomic E-state index is 0.0352. The van der Waals surface area contributed by atoms with E-state index in [1.165, 1.54) is 11.8 Å². The maximum Gasteiger partial charge on any atom is 0.339 e. The molecule has 2 aromatic heterocycles. The zero-order chi connectivity index (χ0) is 28.2. The average Bonchev–Trinajstić information content (AvgIpc) is 3.26. The molecule has 0 unspecified atom stereocenters. The zero-order valence-electron chi connectivity index (χ0n) is 22.2. The predicted octanol–water partition coefficient (Wildman–Crippen LogP) is 6.26. The quantitative estimate of drug-likeness (QED) is 0.196. The van der Waals surface area contributed by atoms with Crippen molar-refractivity contribution in [2.75, 3.05) is 5.75 Å². The molecule has 2 N–H and O–H groups in total. The molecule has 5 rings (SSSR count). The van der Waals surface area contributed by atoms with E-state index in [4.69, 9.17) is 8.83 Å². The van der Waals surface area contributed by atoms with Crippen molar-refractivity contribution >= 4 is 45.6 Å². The smallest absolute Gasteiger partial charge is 0.339 e. The van der Waals surface area contributed by atoms with Crippen LogP contribution in [-0.4, -0.2) is 28.8 Å². The van der Waals surface area contributed by atoms with E-state index in [1.54, 1.807) is 6.07 Å². The molecule has 2 heterocycles. The molecule has 0 saturated carbocycles. The second kappa shape index (κ2) is 11.8. The highest BCUT2D eigenvalue weighted by Gasteiger charge is 2.22. The number of furan rings is 1. The Labute approximate surface area is 235 Å². The van der Waals surface area contributed by atoms with Crippen molar-refractivity contribution in [1.29, 1.82) is 0 Å². The SMILES string of the molecule is Cc1oc2cc3oc(=O)c(CCC(=O)N[C@H](CSCc4ccccc4)C(=O)O)c(C)c3cc2c1-c1ccccc1. The summed E-state index contributed by atoms with van der Waals surface area (Å²) < 4.78 is 11.6. The first-order chi connectivity index (χ1) is 19.3. The van der Waals surface area contributed by atoms with Gasteiger partial charge in [-0.1, -0.05) is 60.7 Å². The van der Waals surface area contributed by atoms with Crippen LogP contribution in [-0.2, 0) is 21.8 Å². The normalized spacial score (nSPS) is 12.1. The van der Waals surface area contributed by atoms with Crippen LogP contribution >= 0.6 is 11.8 Å². The molecule has 1 amide bonds. The first-order valence-corrected chi connectivity index (χ1v) is 14.2. The maximum atomic E-state index is 12.9. The van der Waals surface area contributed by atoms with Gasteiger partial charge in [0.2, 0.25) is 5.91 Å². The molecule has 0 aliphatic heterocycles. The molecule has 0 fully saturated rings. The topological polar surface area (TPSA) is 110 Å². The van der Waals surface area contributed by atoms with Crippen molar-refractivity contribution in [2.45, 2.75) is 38.5 Å². The van der Waals surface area contributed by atoms with Crippen LogP contribution < -0.4 is 10.9 Å². The van der Waals surface area contributed by atoms with E-state index >= 15 is 0 Å². The summed E-state index contributed by atoms with van der Waals surface area (Å²) in [5.41, 5.74) is 4.74. The second-order valence-corrected chi connectivity index (χ2v) is 10.7. The minimum Gasteiger partial charge on any atom is -0.480 e. The van der Waals surface area contributed by atoms with E-state index in [2.05, 4.69) is 5.32 Å². The third-order valence-electron chi connectivity index (χ3n) is 6.97. The summed E-state index contributed by atoms with van der Waals surface area (Å²) in [6, 6.07) is 22.4. The Morgan fingerprint density at radius 1 is 0.925 bits per heavy atom. The van der Waals surface area contributed by atoms with Crippen LogP contribution in [0.25, 0.3) is 33.1 Å². The standard InChI is InChI=1S/C32H29NO6S/c1-19-23(13-14-29(34)33-26(31(35)36)18-40-17-21-9-5-3-6-10-21)32(37)39-27-16-28-25(15-24(19)27)30(20(2)38-28)22-11-7-4-8-12-22/h3-12,15-16,26H,13-14,17-18H2,1-2H3,(H,33,34)(H,35,36)/t26-/m1/s1. The number of carbonyl (C=O) groups is 2. The van der Waals surface area contributed by atoms with Crippen LogP contribution in [0.4, 0.5) is 0 Å². The summed E-state index contributed by atoms with van der Waals surface area (Å²) in [4.78, 5) is 37.3. The third kappa shape index (κ3) is 5.82. The molecule has 0 spiro atoms. The predicted molar refractivity (Wildman–Crippen MR) is 158 cm³/mol. The van der Waals surface area contributed by atoms with Gasteiger partial charge in [0.1, 0.15) is 23.0 Å². The van der Waals surface area contributed by atoms with Gasteiger partial charge in [0.05, 0.1) is 0 Å². The lowest BCUT2D eigenvalue weighted by atomic mass is 9.98. The van der Waals surface area contributed by atoms with Crippen molar-refractivity contribution in [2.24, 2.45) is 0 Å². The van der Waals surface area contributed by atoms with Crippen LogP contribution in [0, 0.1) is 13.8 Å². The van der Waals surface area contributed by atoms with Gasteiger partial charge in [0.25, 0.3) is 0 Å². The number of amides is 1. The third-order valence-corrected chi connectivity index (χ3v) is 8.07. The molecule has 7 nitrogen and oxygen atoms in total. The first kappa shape index (κ1) is 27.3. The van der Waals surface area contributed by atoms with E-state index < -0.39 is 23.5 Å². The Kier molecular flexibility index (Phi) is 8.07. The van der Waals surface area contributed by atoms with Gasteiger partial charge in [-0.15, -0.1) is 0 Å². The highest BCUT2D eigenvalue weighted by molar-refractivity contribution is 7.98. The molecule has 0 aliphatic rings. The van der Waals surface area contributed by atoms with Gasteiger partial charge in [-0.25, -0.2) is 9.59 Å². The fourth-order valence-electron chi connectivity index (χ4n) is 4.90. The fraction of sp³-hybridized carbons (Fsp3) is 0.219. The molecular formula is C32H29NO6S. The number of rotatable bonds is 10. The Morgan fingerprint density at radius 2 is 1.60 bits per heavy atom. The number of carbonyl (C=O) groups excluding carboxylic acids is 1. The van der Waals surface area contributed by atoms with Crippen molar-refractivity contribution in [3.05, 3.63) is 106 Å². The van der Waals surface area contributed by atoms with Gasteiger partial charge in [-0.05, 0) is 43.0 Å². The molecule has 3 aromatic carbocycles. The van der Waals surface area contributed by atoms with E-state index in [0.717, 1.165) is 38.8 Å². The van der Waals surface area contributed by atoms with Gasteiger partial charge in [0.15, 0.2) is 0 Å². The zero-order valence-corrected chi connectivity index (χ0v) is 23.0. The Bertz CT molecular complexity index is 1740. The highest BCUT2D eigenvalue weighted by atomic mass is 32.2. The van der Waals surface area contributed by atoms with Crippen LogP contribution in [0.3, 0.4) is 0 Å². The summed E-state index contributed by atoms with van der Waals surface area (Å²) in [5.74, 6) is 0.121. The fourth-order valence-corrected chi connectivity index (χ4v) is 5.91. The number of aryl methyl sites for hydroxylation is 2. The number of carboxylic acid groups (broad SMARTS) is 1. The highest BCUT2D eigenvalue weighted by Crippen LogP contribution is 2.37. The van der Waals surface area contributed by atoms with Crippen LogP contribution in [0.1, 0.15) is 28.9 Å². The van der Waals surface area contributed by atoms with Gasteiger partial charge in [0, 0.05) is 45.9 Å². The molecule has 0 saturated heterocycles. The van der Waals surface area contributed by atoms with E-state index in [9.17, 15) is 19.5 Å². The number of thioether (sulfide) groups is 1. The van der Waals surface area contributed by atoms with Crippen LogP contribution in [0.2, 0.25) is 0 Å². The van der Waals surface area contributed by atoms with Crippen molar-refractivity contribution in [3.8, 4) is 11.1 Å². The molecule has 8 heteroatoms. The Hall–Kier alpha value is -4.30. The van der Waals surface area contributed by atoms with Crippen LogP contribution in [0.5, 0.6) is 0 Å². The van der Waals surface area contributed by atoms with Gasteiger partial charge >= 0.3 is 11.6 Å². The van der Waals surface area contributed by atoms with E-state index in [0.29, 0.717) is 22.5 Å². The lowest BCUT2D eigenvalue weighted by Gasteiger charge is -2.14. The number of hydrogen-bond acceptors (Lipinski definition) is 6. The summed E-state index contributed by atoms with van der Waals surface area (Å²) >= 11 is 1.44. The molecule has 40 heavy (non-hydrogen) atoms. The Morgan fingerprint density at radius 3 is 2.30 bits per heavy atom. The van der Waals surface area contributed by atoms with Crippen molar-refractivity contribution in [3.63, 3.8) is 0 Å². The lowest BCUT2D eigenvalue weighted by Crippen LogP contribution is -2.42. The summed E-state index contributed by atoms with van der Waals surface area (Å²) in [6.07, 6.45) is 0.0972. The number of aliphatic carboxylic acids is 1. The van der Waals surface area contributed by atoms with Gasteiger partial charge in [-0.2, -0.15) is 11.8 Å². The van der Waals surface area contributed by atoms with Gasteiger partial charge in [-0.3, -0.25) is 4.79 Å². The largest absolute Gasteiger partial charge is 0.480 e. The molecule has 5 aromatic rings. The van der Waals surface area contributed by atoms with Crippen LogP contribution in [0.15, 0.2) is 86.4 Å². The number of nitrogens with one attached hydrogen (secondary N) is 1. The summed E-state index contributed by atoms with van der Waals surface area (Å²) in [5, 5.41) is 13.9. The monoisotopic (exact) mass is 555 g/mol. The second-order valence-electron chi connectivity index (χ2n) is 9.70. The molecule has 204 valence electrons. The summed E-state index contributed by atoms with van der Waals surface area (Å²) in [7, 11) is 0. The maximum absolute atomic E-state index is 12.9. The number of carboxylic acids is 1. The lowest BCUT2D eigenvalue weighted by molar-refractivity contribution is -0.141. The van der Waals surface area contributed by atoms with Crippen molar-refractivity contribution in [1.82, 2.24) is 5.32 Å². The number of fused-ring (bicyclic) bond motifs is 2. The minimum atomic E-state index is -1.09. The average molecular weight is 556 g/mol. The number of hydrogen-bond donors (Lipinski definition) is 2. The summed E-state index contributed by atoms with van der Waals surface area (Å²) in [6.45, 7) is 3.75. The molecule has 0 aliphatic carbocycles. The molecular weight excluding hydrogens is 526 g/mol.